The number of rotatable bonds is 9. The predicted molar refractivity (Wildman–Crippen MR) is 86.4 cm³/mol. The second-order valence-electron chi connectivity index (χ2n) is 5.67. The lowest BCUT2D eigenvalue weighted by Gasteiger charge is -2.18. The first kappa shape index (κ1) is 17.5. The van der Waals surface area contributed by atoms with E-state index >= 15 is 0 Å². The van der Waals surface area contributed by atoms with Crippen molar-refractivity contribution in [2.24, 2.45) is 5.92 Å². The topological polar surface area (TPSA) is 50.4 Å². The zero-order valence-electron chi connectivity index (χ0n) is 13.6. The summed E-state index contributed by atoms with van der Waals surface area (Å²) in [5, 5.41) is 6.29. The number of nitrogens with one attached hydrogen (secondary N) is 2. The fraction of sp³-hybridized carbons (Fsp3) is 0.588. The summed E-state index contributed by atoms with van der Waals surface area (Å²) >= 11 is 0. The molecule has 2 N–H and O–H groups in total. The Labute approximate surface area is 128 Å². The molecular weight excluding hydrogens is 264 g/mol. The molecule has 0 saturated carbocycles. The molecule has 118 valence electrons. The number of para-hydroxylation sites is 1. The summed E-state index contributed by atoms with van der Waals surface area (Å²) in [7, 11) is 0. The summed E-state index contributed by atoms with van der Waals surface area (Å²) in [6.07, 6.45) is 1.10. The highest BCUT2D eigenvalue weighted by atomic mass is 16.5. The van der Waals surface area contributed by atoms with E-state index in [0.29, 0.717) is 5.92 Å². The van der Waals surface area contributed by atoms with Gasteiger partial charge in [0.2, 0.25) is 0 Å². The van der Waals surface area contributed by atoms with E-state index in [0.717, 1.165) is 30.8 Å². The molecule has 4 heteroatoms. The van der Waals surface area contributed by atoms with Gasteiger partial charge in [0.05, 0.1) is 0 Å². The molecular formula is C17H28N2O2. The zero-order chi connectivity index (χ0) is 15.7. The highest BCUT2D eigenvalue weighted by molar-refractivity contribution is 5.77. The van der Waals surface area contributed by atoms with Crippen molar-refractivity contribution in [3.63, 3.8) is 0 Å². The second kappa shape index (κ2) is 9.40. The molecule has 1 atom stereocenters. The van der Waals surface area contributed by atoms with Gasteiger partial charge in [-0.1, -0.05) is 39.0 Å². The first-order valence-corrected chi connectivity index (χ1v) is 7.75. The van der Waals surface area contributed by atoms with E-state index < -0.39 is 0 Å². The van der Waals surface area contributed by atoms with E-state index in [-0.39, 0.29) is 18.6 Å². The Morgan fingerprint density at radius 3 is 2.62 bits per heavy atom. The number of carbonyl (C=O) groups excluding carboxylic acids is 1. The molecule has 0 aromatic heterocycles. The van der Waals surface area contributed by atoms with Gasteiger partial charge in [-0.3, -0.25) is 4.79 Å². The van der Waals surface area contributed by atoms with Crippen LogP contribution in [0, 0.1) is 5.92 Å². The fourth-order valence-corrected chi connectivity index (χ4v) is 1.80. The van der Waals surface area contributed by atoms with Gasteiger partial charge in [0.1, 0.15) is 5.75 Å². The largest absolute Gasteiger partial charge is 0.483 e. The van der Waals surface area contributed by atoms with Crippen LogP contribution in [0.5, 0.6) is 5.75 Å². The average molecular weight is 292 g/mol. The lowest BCUT2D eigenvalue weighted by molar-refractivity contribution is -0.124. The minimum atomic E-state index is -0.0764. The average Bonchev–Trinajstić information content (AvgIpc) is 2.46. The lowest BCUT2D eigenvalue weighted by Crippen LogP contribution is -2.39. The van der Waals surface area contributed by atoms with Crippen LogP contribution in [0.1, 0.15) is 39.7 Å². The van der Waals surface area contributed by atoms with Crippen molar-refractivity contribution in [2.45, 2.75) is 46.7 Å². The molecule has 1 rings (SSSR count). The number of hydrogen-bond acceptors (Lipinski definition) is 3. The monoisotopic (exact) mass is 292 g/mol. The Bertz CT molecular complexity index is 433. The zero-order valence-corrected chi connectivity index (χ0v) is 13.6. The summed E-state index contributed by atoms with van der Waals surface area (Å²) < 4.78 is 5.66. The van der Waals surface area contributed by atoms with Crippen LogP contribution in [0.15, 0.2) is 24.3 Å². The van der Waals surface area contributed by atoms with E-state index in [4.69, 9.17) is 4.74 Å². The molecule has 0 aliphatic heterocycles. The lowest BCUT2D eigenvalue weighted by atomic mass is 10.1. The molecule has 0 spiro atoms. The third-order valence-electron chi connectivity index (χ3n) is 3.46. The maximum absolute atomic E-state index is 11.9. The third kappa shape index (κ3) is 6.63. The van der Waals surface area contributed by atoms with Crippen molar-refractivity contribution in [1.29, 1.82) is 0 Å². The van der Waals surface area contributed by atoms with Crippen LogP contribution in [0.25, 0.3) is 0 Å². The number of amides is 1. The molecule has 1 aromatic rings. The van der Waals surface area contributed by atoms with Gasteiger partial charge in [-0.25, -0.2) is 0 Å². The number of ether oxygens (including phenoxy) is 1. The Kier molecular flexibility index (Phi) is 7.83. The van der Waals surface area contributed by atoms with E-state index in [1.54, 1.807) is 0 Å². The van der Waals surface area contributed by atoms with Gasteiger partial charge >= 0.3 is 0 Å². The summed E-state index contributed by atoms with van der Waals surface area (Å²) in [5.74, 6) is 1.11. The van der Waals surface area contributed by atoms with Gasteiger partial charge in [-0.2, -0.15) is 0 Å². The molecule has 1 aromatic carbocycles. The van der Waals surface area contributed by atoms with Crippen LogP contribution in [-0.4, -0.2) is 25.1 Å². The highest BCUT2D eigenvalue weighted by Crippen LogP contribution is 2.17. The predicted octanol–water partition coefficient (Wildman–Crippen LogP) is 2.73. The van der Waals surface area contributed by atoms with Gasteiger partial charge in [-0.05, 0) is 31.9 Å². The van der Waals surface area contributed by atoms with Crippen molar-refractivity contribution in [1.82, 2.24) is 10.6 Å². The van der Waals surface area contributed by atoms with Gasteiger partial charge in [0.25, 0.3) is 5.91 Å². The van der Waals surface area contributed by atoms with Crippen LogP contribution in [0.3, 0.4) is 0 Å². The van der Waals surface area contributed by atoms with Crippen LogP contribution < -0.4 is 15.4 Å². The van der Waals surface area contributed by atoms with Crippen LogP contribution in [0.2, 0.25) is 0 Å². The second-order valence-corrected chi connectivity index (χ2v) is 5.67. The Balaban J connectivity index is 2.49. The molecule has 0 aliphatic rings. The van der Waals surface area contributed by atoms with Gasteiger partial charge in [-0.15, -0.1) is 0 Å². The minimum Gasteiger partial charge on any atom is -0.483 e. The first-order valence-electron chi connectivity index (χ1n) is 7.75. The van der Waals surface area contributed by atoms with E-state index in [9.17, 15) is 4.79 Å². The number of benzene rings is 1. The van der Waals surface area contributed by atoms with Crippen molar-refractivity contribution >= 4 is 5.91 Å². The van der Waals surface area contributed by atoms with Crippen LogP contribution >= 0.6 is 0 Å². The Morgan fingerprint density at radius 1 is 1.24 bits per heavy atom. The fourth-order valence-electron chi connectivity index (χ4n) is 1.80. The number of hydrogen-bond donors (Lipinski definition) is 2. The Morgan fingerprint density at radius 2 is 1.95 bits per heavy atom. The SMILES string of the molecule is CCCNCc1ccccc1OCC(=O)NC(C)C(C)C. The van der Waals surface area contributed by atoms with E-state index in [1.807, 2.05) is 31.2 Å². The van der Waals surface area contributed by atoms with Gasteiger partial charge < -0.3 is 15.4 Å². The van der Waals surface area contributed by atoms with Crippen LogP contribution in [-0.2, 0) is 11.3 Å². The molecule has 0 saturated heterocycles. The van der Waals surface area contributed by atoms with Crippen molar-refractivity contribution in [3.8, 4) is 5.75 Å². The summed E-state index contributed by atoms with van der Waals surface area (Å²) in [5.41, 5.74) is 1.08. The van der Waals surface area contributed by atoms with Crippen LogP contribution in [0.4, 0.5) is 0 Å². The number of carbonyl (C=O) groups is 1. The molecule has 0 heterocycles. The minimum absolute atomic E-state index is 0.0574. The quantitative estimate of drug-likeness (QED) is 0.688. The molecule has 0 aliphatic carbocycles. The highest BCUT2D eigenvalue weighted by Gasteiger charge is 2.12. The van der Waals surface area contributed by atoms with Gasteiger partial charge in [0.15, 0.2) is 6.61 Å². The van der Waals surface area contributed by atoms with Crippen molar-refractivity contribution in [3.05, 3.63) is 29.8 Å². The Hall–Kier alpha value is -1.55. The summed E-state index contributed by atoms with van der Waals surface area (Å²) in [4.78, 5) is 11.9. The normalized spacial score (nSPS) is 12.2. The molecule has 0 fully saturated rings. The summed E-state index contributed by atoms with van der Waals surface area (Å²) in [6, 6.07) is 7.99. The van der Waals surface area contributed by atoms with Crippen molar-refractivity contribution < 1.29 is 9.53 Å². The first-order chi connectivity index (χ1) is 10.0. The molecule has 1 amide bonds. The smallest absolute Gasteiger partial charge is 0.258 e. The third-order valence-corrected chi connectivity index (χ3v) is 3.46. The van der Waals surface area contributed by atoms with Crippen molar-refractivity contribution in [2.75, 3.05) is 13.2 Å². The molecule has 0 radical (unpaired) electrons. The molecule has 4 nitrogen and oxygen atoms in total. The van der Waals surface area contributed by atoms with Gasteiger partial charge in [0, 0.05) is 18.2 Å². The standard InChI is InChI=1S/C17H28N2O2/c1-5-10-18-11-15-8-6-7-9-16(15)21-12-17(20)19-14(4)13(2)3/h6-9,13-14,18H,5,10-12H2,1-4H3,(H,19,20). The molecule has 0 bridgehead atoms. The maximum atomic E-state index is 11.9. The summed E-state index contributed by atoms with van der Waals surface area (Å²) in [6.45, 7) is 10.1. The molecule has 21 heavy (non-hydrogen) atoms. The van der Waals surface area contributed by atoms with E-state index in [2.05, 4.69) is 31.4 Å². The van der Waals surface area contributed by atoms with E-state index in [1.165, 1.54) is 0 Å². The maximum Gasteiger partial charge on any atom is 0.258 e. The molecule has 1 unspecified atom stereocenters.